The lowest BCUT2D eigenvalue weighted by atomic mass is 9.99. The van der Waals surface area contributed by atoms with Gasteiger partial charge < -0.3 is 10.5 Å². The molecule has 0 bridgehead atoms. The minimum absolute atomic E-state index is 0.0698. The molecule has 0 unspecified atom stereocenters. The second-order valence-corrected chi connectivity index (χ2v) is 4.73. The van der Waals surface area contributed by atoms with Gasteiger partial charge in [-0.2, -0.15) is 11.8 Å². The molecule has 2 nitrogen and oxygen atoms in total. The van der Waals surface area contributed by atoms with Crippen LogP contribution in [0.4, 0.5) is 4.39 Å². The Morgan fingerprint density at radius 2 is 2.33 bits per heavy atom. The Hall–Kier alpha value is -0.740. The Balaban J connectivity index is 2.50. The van der Waals surface area contributed by atoms with E-state index in [0.717, 1.165) is 23.3 Å². The van der Waals surface area contributed by atoms with Gasteiger partial charge in [0.1, 0.15) is 11.6 Å². The van der Waals surface area contributed by atoms with Crippen LogP contribution >= 0.6 is 11.8 Å². The van der Waals surface area contributed by atoms with Crippen molar-refractivity contribution in [3.63, 3.8) is 0 Å². The van der Waals surface area contributed by atoms with Crippen molar-refractivity contribution in [3.05, 3.63) is 29.1 Å². The molecular weight excluding hydrogens is 213 g/mol. The van der Waals surface area contributed by atoms with Crippen molar-refractivity contribution in [1.29, 1.82) is 0 Å². The van der Waals surface area contributed by atoms with E-state index in [2.05, 4.69) is 0 Å². The van der Waals surface area contributed by atoms with Gasteiger partial charge in [-0.3, -0.25) is 0 Å². The van der Waals surface area contributed by atoms with Crippen LogP contribution in [0.2, 0.25) is 0 Å². The van der Waals surface area contributed by atoms with Gasteiger partial charge in [-0.25, -0.2) is 4.39 Å². The molecule has 4 heteroatoms. The van der Waals surface area contributed by atoms with E-state index in [9.17, 15) is 4.39 Å². The lowest BCUT2D eigenvalue weighted by Crippen LogP contribution is -2.12. The number of rotatable bonds is 1. The summed E-state index contributed by atoms with van der Waals surface area (Å²) in [5, 5.41) is 0. The fourth-order valence-corrected chi connectivity index (χ4v) is 2.85. The molecule has 0 radical (unpaired) electrons. The molecule has 0 aliphatic carbocycles. The molecule has 1 aromatic rings. The third-order valence-corrected chi connectivity index (χ3v) is 3.68. The molecule has 0 fully saturated rings. The normalized spacial score (nSPS) is 20.6. The summed E-state index contributed by atoms with van der Waals surface area (Å²) in [6.45, 7) is 0. The molecule has 82 valence electrons. The molecular formula is C11H14FNOS. The SMILES string of the molecule is COc1cc(F)c2c(c1)[C@H](N)CCSC2. The maximum Gasteiger partial charge on any atom is 0.131 e. The standard InChI is InChI=1S/C11H14FNOS/c1-14-7-4-8-9(10(12)5-7)6-15-3-2-11(8)13/h4-5,11H,2-3,6,13H2,1H3/t11-/m1/s1. The first-order valence-corrected chi connectivity index (χ1v) is 6.07. The van der Waals surface area contributed by atoms with Crippen molar-refractivity contribution >= 4 is 11.8 Å². The number of hydrogen-bond acceptors (Lipinski definition) is 3. The number of hydrogen-bond donors (Lipinski definition) is 1. The van der Waals surface area contributed by atoms with E-state index in [1.165, 1.54) is 13.2 Å². The van der Waals surface area contributed by atoms with E-state index in [4.69, 9.17) is 10.5 Å². The van der Waals surface area contributed by atoms with E-state index in [1.807, 2.05) is 6.07 Å². The summed E-state index contributed by atoms with van der Waals surface area (Å²) in [6, 6.07) is 3.21. The first kappa shape index (κ1) is 10.8. The highest BCUT2D eigenvalue weighted by atomic mass is 32.2. The van der Waals surface area contributed by atoms with Crippen molar-refractivity contribution in [1.82, 2.24) is 0 Å². The average molecular weight is 227 g/mol. The maximum atomic E-state index is 13.7. The topological polar surface area (TPSA) is 35.2 Å². The molecule has 2 N–H and O–H groups in total. The minimum atomic E-state index is -0.200. The quantitative estimate of drug-likeness (QED) is 0.800. The maximum absolute atomic E-state index is 13.7. The third kappa shape index (κ3) is 2.11. The predicted molar refractivity (Wildman–Crippen MR) is 60.7 cm³/mol. The molecule has 0 saturated carbocycles. The molecule has 0 amide bonds. The summed E-state index contributed by atoms with van der Waals surface area (Å²) in [4.78, 5) is 0. The first-order chi connectivity index (χ1) is 7.22. The largest absolute Gasteiger partial charge is 0.497 e. The molecule has 1 aliphatic heterocycles. The highest BCUT2D eigenvalue weighted by Crippen LogP contribution is 2.33. The van der Waals surface area contributed by atoms with Crippen LogP contribution in [0.1, 0.15) is 23.6 Å². The number of nitrogens with two attached hydrogens (primary N) is 1. The van der Waals surface area contributed by atoms with Gasteiger partial charge in [0.15, 0.2) is 0 Å². The number of thioether (sulfide) groups is 1. The Kier molecular flexibility index (Phi) is 3.17. The lowest BCUT2D eigenvalue weighted by Gasteiger charge is -2.14. The highest BCUT2D eigenvalue weighted by molar-refractivity contribution is 7.98. The van der Waals surface area contributed by atoms with E-state index >= 15 is 0 Å². The van der Waals surface area contributed by atoms with Crippen molar-refractivity contribution in [2.75, 3.05) is 12.9 Å². The molecule has 15 heavy (non-hydrogen) atoms. The summed E-state index contributed by atoms with van der Waals surface area (Å²) in [7, 11) is 1.54. The minimum Gasteiger partial charge on any atom is -0.497 e. The van der Waals surface area contributed by atoms with Crippen LogP contribution in [-0.2, 0) is 5.75 Å². The fraction of sp³-hybridized carbons (Fsp3) is 0.455. The first-order valence-electron chi connectivity index (χ1n) is 4.92. The second-order valence-electron chi connectivity index (χ2n) is 3.62. The molecule has 1 heterocycles. The summed E-state index contributed by atoms with van der Waals surface area (Å²) < 4.78 is 18.8. The van der Waals surface area contributed by atoms with Gasteiger partial charge in [0.2, 0.25) is 0 Å². The van der Waals surface area contributed by atoms with Gasteiger partial charge in [-0.05, 0) is 23.8 Å². The van der Waals surface area contributed by atoms with Crippen molar-refractivity contribution in [3.8, 4) is 5.75 Å². The number of methoxy groups -OCH3 is 1. The van der Waals surface area contributed by atoms with Crippen molar-refractivity contribution in [2.24, 2.45) is 5.73 Å². The van der Waals surface area contributed by atoms with E-state index in [1.54, 1.807) is 11.8 Å². The lowest BCUT2D eigenvalue weighted by molar-refractivity contribution is 0.409. The fourth-order valence-electron chi connectivity index (χ4n) is 1.77. The number of halogens is 1. The zero-order valence-corrected chi connectivity index (χ0v) is 9.44. The average Bonchev–Trinajstić information content (AvgIpc) is 2.41. The summed E-state index contributed by atoms with van der Waals surface area (Å²) >= 11 is 1.73. The predicted octanol–water partition coefficient (Wildman–Crippen LogP) is 2.47. The van der Waals surface area contributed by atoms with Crippen molar-refractivity contribution in [2.45, 2.75) is 18.2 Å². The summed E-state index contributed by atoms with van der Waals surface area (Å²) in [6.07, 6.45) is 0.893. The van der Waals surface area contributed by atoms with E-state index < -0.39 is 0 Å². The van der Waals surface area contributed by atoms with Crippen molar-refractivity contribution < 1.29 is 9.13 Å². The number of ether oxygens (including phenoxy) is 1. The zero-order chi connectivity index (χ0) is 10.8. The van der Waals surface area contributed by atoms with Gasteiger partial charge in [0, 0.05) is 23.4 Å². The Bertz CT molecular complexity index is 370. The number of fused-ring (bicyclic) bond motifs is 1. The zero-order valence-electron chi connectivity index (χ0n) is 8.63. The number of benzene rings is 1. The molecule has 1 atom stereocenters. The van der Waals surface area contributed by atoms with Gasteiger partial charge in [-0.1, -0.05) is 0 Å². The third-order valence-electron chi connectivity index (χ3n) is 2.66. The van der Waals surface area contributed by atoms with Gasteiger partial charge in [0.05, 0.1) is 7.11 Å². The van der Waals surface area contributed by atoms with Crippen LogP contribution < -0.4 is 10.5 Å². The molecule has 0 spiro atoms. The second kappa shape index (κ2) is 4.41. The van der Waals surface area contributed by atoms with Crippen LogP contribution in [0.25, 0.3) is 0 Å². The van der Waals surface area contributed by atoms with Crippen LogP contribution in [0.3, 0.4) is 0 Å². The Labute approximate surface area is 93.0 Å². The molecule has 1 aliphatic rings. The Morgan fingerprint density at radius 1 is 1.53 bits per heavy atom. The monoisotopic (exact) mass is 227 g/mol. The van der Waals surface area contributed by atoms with E-state index in [-0.39, 0.29) is 11.9 Å². The smallest absolute Gasteiger partial charge is 0.131 e. The molecule has 0 saturated heterocycles. The van der Waals surface area contributed by atoms with Crippen LogP contribution in [0.5, 0.6) is 5.75 Å². The molecule has 1 aromatic carbocycles. The van der Waals surface area contributed by atoms with E-state index in [0.29, 0.717) is 11.5 Å². The summed E-state index contributed by atoms with van der Waals surface area (Å²) in [5.41, 5.74) is 7.64. The summed E-state index contributed by atoms with van der Waals surface area (Å²) in [5.74, 6) is 2.04. The molecule has 0 aromatic heterocycles. The van der Waals surface area contributed by atoms with Gasteiger partial charge >= 0.3 is 0 Å². The highest BCUT2D eigenvalue weighted by Gasteiger charge is 2.19. The van der Waals surface area contributed by atoms with Crippen LogP contribution in [-0.4, -0.2) is 12.9 Å². The van der Waals surface area contributed by atoms with Crippen LogP contribution in [0, 0.1) is 5.82 Å². The molecule has 2 rings (SSSR count). The Morgan fingerprint density at radius 3 is 3.07 bits per heavy atom. The van der Waals surface area contributed by atoms with Gasteiger partial charge in [0.25, 0.3) is 0 Å². The van der Waals surface area contributed by atoms with Gasteiger partial charge in [-0.15, -0.1) is 0 Å². The van der Waals surface area contributed by atoms with Crippen LogP contribution in [0.15, 0.2) is 12.1 Å².